The van der Waals surface area contributed by atoms with E-state index < -0.39 is 5.97 Å². The van der Waals surface area contributed by atoms with E-state index in [0.717, 1.165) is 9.50 Å². The number of ether oxygens (including phenoxy) is 1. The normalized spacial score (nSPS) is 10.2. The van der Waals surface area contributed by atoms with Gasteiger partial charge >= 0.3 is 5.97 Å². The van der Waals surface area contributed by atoms with E-state index in [4.69, 9.17) is 5.73 Å². The summed E-state index contributed by atoms with van der Waals surface area (Å²) in [6.07, 6.45) is 3.20. The largest absolute Gasteiger partial charge is 0.465 e. The van der Waals surface area contributed by atoms with E-state index in [0.29, 0.717) is 16.3 Å². The first-order valence-electron chi connectivity index (χ1n) is 5.24. The predicted molar refractivity (Wildman–Crippen MR) is 76.0 cm³/mol. The second kappa shape index (κ2) is 6.03. The molecule has 0 amide bonds. The van der Waals surface area contributed by atoms with Crippen LogP contribution in [0.2, 0.25) is 0 Å². The first-order valence-corrected chi connectivity index (χ1v) is 6.85. The van der Waals surface area contributed by atoms with Crippen molar-refractivity contribution in [1.29, 1.82) is 0 Å². The highest BCUT2D eigenvalue weighted by Gasteiger charge is 2.14. The zero-order valence-corrected chi connectivity index (χ0v) is 12.4. The molecule has 0 aliphatic carbocycles. The highest BCUT2D eigenvalue weighted by atomic mass is 79.9. The molecular formula is C12H10BrN3O2S. The predicted octanol–water partition coefficient (Wildman–Crippen LogP) is 2.76. The van der Waals surface area contributed by atoms with Crippen LogP contribution in [0.4, 0.5) is 5.69 Å². The van der Waals surface area contributed by atoms with Crippen LogP contribution in [-0.4, -0.2) is 23.0 Å². The van der Waals surface area contributed by atoms with Gasteiger partial charge in [-0.05, 0) is 45.9 Å². The summed E-state index contributed by atoms with van der Waals surface area (Å²) in [6.45, 7) is 0. The number of carbonyl (C=O) groups is 1. The number of nitrogen functional groups attached to an aromatic ring is 1. The van der Waals surface area contributed by atoms with Gasteiger partial charge in [-0.2, -0.15) is 0 Å². The van der Waals surface area contributed by atoms with E-state index in [9.17, 15) is 4.79 Å². The van der Waals surface area contributed by atoms with Crippen molar-refractivity contribution >= 4 is 39.3 Å². The van der Waals surface area contributed by atoms with Gasteiger partial charge in [0.15, 0.2) is 0 Å². The summed E-state index contributed by atoms with van der Waals surface area (Å²) in [5.74, 6) is -0.481. The lowest BCUT2D eigenvalue weighted by Crippen LogP contribution is -2.07. The third-order valence-corrected chi connectivity index (χ3v) is 3.70. The van der Waals surface area contributed by atoms with Gasteiger partial charge in [-0.15, -0.1) is 0 Å². The van der Waals surface area contributed by atoms with Crippen LogP contribution in [0.3, 0.4) is 0 Å². The molecule has 19 heavy (non-hydrogen) atoms. The molecule has 0 aromatic carbocycles. The van der Waals surface area contributed by atoms with Gasteiger partial charge in [0.25, 0.3) is 0 Å². The summed E-state index contributed by atoms with van der Waals surface area (Å²) >= 11 is 4.60. The number of hydrogen-bond donors (Lipinski definition) is 1. The number of halogens is 1. The Morgan fingerprint density at radius 3 is 2.79 bits per heavy atom. The molecule has 0 bridgehead atoms. The molecule has 98 valence electrons. The lowest BCUT2D eigenvalue weighted by atomic mass is 10.2. The van der Waals surface area contributed by atoms with Crippen molar-refractivity contribution in [2.75, 3.05) is 12.8 Å². The second-order valence-electron chi connectivity index (χ2n) is 3.49. The van der Waals surface area contributed by atoms with Crippen LogP contribution >= 0.6 is 27.7 Å². The molecule has 0 saturated carbocycles. The molecule has 0 atom stereocenters. The van der Waals surface area contributed by atoms with E-state index in [1.54, 1.807) is 6.20 Å². The first kappa shape index (κ1) is 13.8. The number of esters is 1. The van der Waals surface area contributed by atoms with E-state index in [-0.39, 0.29) is 0 Å². The monoisotopic (exact) mass is 339 g/mol. The molecule has 0 fully saturated rings. The second-order valence-corrected chi connectivity index (χ2v) is 5.41. The van der Waals surface area contributed by atoms with Crippen molar-refractivity contribution in [2.45, 2.75) is 10.1 Å². The van der Waals surface area contributed by atoms with Crippen molar-refractivity contribution in [1.82, 2.24) is 9.97 Å². The number of methoxy groups -OCH3 is 1. The molecule has 0 unspecified atom stereocenters. The van der Waals surface area contributed by atoms with Gasteiger partial charge in [-0.3, -0.25) is 0 Å². The molecule has 0 saturated heterocycles. The Labute approximate surface area is 122 Å². The fourth-order valence-corrected chi connectivity index (χ4v) is 2.35. The summed E-state index contributed by atoms with van der Waals surface area (Å²) in [6, 6.07) is 5.23. The van der Waals surface area contributed by atoms with E-state index in [1.807, 2.05) is 12.1 Å². The van der Waals surface area contributed by atoms with E-state index in [2.05, 4.69) is 30.6 Å². The maximum atomic E-state index is 11.5. The third kappa shape index (κ3) is 3.24. The number of nitrogens with two attached hydrogens (primary N) is 1. The molecular weight excluding hydrogens is 330 g/mol. The number of rotatable bonds is 3. The highest BCUT2D eigenvalue weighted by Crippen LogP contribution is 2.31. The van der Waals surface area contributed by atoms with Gasteiger partial charge in [0, 0.05) is 16.9 Å². The van der Waals surface area contributed by atoms with E-state index >= 15 is 0 Å². The first-order chi connectivity index (χ1) is 9.11. The van der Waals surface area contributed by atoms with Crippen molar-refractivity contribution in [3.8, 4) is 0 Å². The summed E-state index contributed by atoms with van der Waals surface area (Å²) in [5, 5.41) is 1.27. The van der Waals surface area contributed by atoms with Crippen LogP contribution in [0.25, 0.3) is 0 Å². The maximum Gasteiger partial charge on any atom is 0.340 e. The smallest absolute Gasteiger partial charge is 0.340 e. The number of carbonyl (C=O) groups excluding carboxylic acids is 1. The summed E-state index contributed by atoms with van der Waals surface area (Å²) in [5.41, 5.74) is 6.51. The number of aromatic nitrogens is 2. The minimum Gasteiger partial charge on any atom is -0.465 e. The van der Waals surface area contributed by atoms with Crippen LogP contribution in [0.15, 0.2) is 45.1 Å². The summed E-state index contributed by atoms with van der Waals surface area (Å²) in [4.78, 5) is 19.9. The Hall–Kier alpha value is -1.60. The molecule has 5 nitrogen and oxygen atoms in total. The molecule has 0 aliphatic heterocycles. The molecule has 2 heterocycles. The van der Waals surface area contributed by atoms with Crippen molar-refractivity contribution in [2.24, 2.45) is 0 Å². The molecule has 7 heteroatoms. The number of hydrogen-bond acceptors (Lipinski definition) is 6. The average molecular weight is 340 g/mol. The molecule has 2 aromatic rings. The SMILES string of the molecule is COC(=O)c1ccnc(Sc2ccc(Br)cn2)c1N. The standard InChI is InChI=1S/C12H10BrN3O2S/c1-18-12(17)8-4-5-15-11(10(8)14)19-9-3-2-7(13)6-16-9/h2-6H,14H2,1H3. The van der Waals surface area contributed by atoms with Crippen LogP contribution in [-0.2, 0) is 4.74 Å². The Bertz CT molecular complexity index is 604. The summed E-state index contributed by atoms with van der Waals surface area (Å²) < 4.78 is 5.55. The Balaban J connectivity index is 2.30. The van der Waals surface area contributed by atoms with Crippen LogP contribution in [0.5, 0.6) is 0 Å². The molecule has 2 N–H and O–H groups in total. The number of pyridine rings is 2. The fraction of sp³-hybridized carbons (Fsp3) is 0.0833. The van der Waals surface area contributed by atoms with Gasteiger partial charge in [0.05, 0.1) is 18.4 Å². The van der Waals surface area contributed by atoms with Crippen molar-refractivity contribution in [3.63, 3.8) is 0 Å². The lowest BCUT2D eigenvalue weighted by Gasteiger charge is -2.07. The molecule has 2 aromatic heterocycles. The number of anilines is 1. The van der Waals surface area contributed by atoms with Gasteiger partial charge in [-0.1, -0.05) is 0 Å². The van der Waals surface area contributed by atoms with Crippen molar-refractivity contribution in [3.05, 3.63) is 40.6 Å². The average Bonchev–Trinajstić information content (AvgIpc) is 2.43. The van der Waals surface area contributed by atoms with E-state index in [1.165, 1.54) is 31.1 Å². The lowest BCUT2D eigenvalue weighted by molar-refractivity contribution is 0.0601. The topological polar surface area (TPSA) is 78.1 Å². The minimum absolute atomic E-state index is 0.295. The Morgan fingerprint density at radius 2 is 2.16 bits per heavy atom. The molecule has 0 aliphatic rings. The summed E-state index contributed by atoms with van der Waals surface area (Å²) in [7, 11) is 1.31. The quantitative estimate of drug-likeness (QED) is 0.866. The Kier molecular flexibility index (Phi) is 4.39. The maximum absolute atomic E-state index is 11.5. The molecule has 2 rings (SSSR count). The fourth-order valence-electron chi connectivity index (χ4n) is 1.34. The zero-order chi connectivity index (χ0) is 13.8. The molecule has 0 radical (unpaired) electrons. The molecule has 0 spiro atoms. The van der Waals surface area contributed by atoms with Crippen molar-refractivity contribution < 1.29 is 9.53 Å². The Morgan fingerprint density at radius 1 is 1.37 bits per heavy atom. The zero-order valence-electron chi connectivity index (χ0n) is 9.96. The van der Waals surface area contributed by atoms with Crippen LogP contribution in [0.1, 0.15) is 10.4 Å². The van der Waals surface area contributed by atoms with Crippen LogP contribution in [0, 0.1) is 0 Å². The van der Waals surface area contributed by atoms with Crippen LogP contribution < -0.4 is 5.73 Å². The minimum atomic E-state index is -0.481. The highest BCUT2D eigenvalue weighted by molar-refractivity contribution is 9.10. The van der Waals surface area contributed by atoms with Gasteiger partial charge in [-0.25, -0.2) is 14.8 Å². The van der Waals surface area contributed by atoms with Gasteiger partial charge in [0.1, 0.15) is 10.1 Å². The third-order valence-electron chi connectivity index (χ3n) is 2.26. The number of nitrogens with zero attached hydrogens (tertiary/aromatic N) is 2. The van der Waals surface area contributed by atoms with Gasteiger partial charge in [0.2, 0.25) is 0 Å². The van der Waals surface area contributed by atoms with Gasteiger partial charge < -0.3 is 10.5 Å².